The first-order valence-electron chi connectivity index (χ1n) is 13.3. The predicted octanol–water partition coefficient (Wildman–Crippen LogP) is 2.56. The van der Waals surface area contributed by atoms with E-state index in [2.05, 4.69) is 101 Å². The van der Waals surface area contributed by atoms with Gasteiger partial charge in [-0.05, 0) is 0 Å². The van der Waals surface area contributed by atoms with Gasteiger partial charge in [0.1, 0.15) is 0 Å². The number of allylic oxidation sites excluding steroid dienone is 4. The molecule has 6 rings (SSSR count). The summed E-state index contributed by atoms with van der Waals surface area (Å²) in [5, 5.41) is 6.74. The summed E-state index contributed by atoms with van der Waals surface area (Å²) < 4.78 is 1.42. The second-order valence-electron chi connectivity index (χ2n) is 11.5. The van der Waals surface area contributed by atoms with E-state index >= 15 is 0 Å². The Labute approximate surface area is 279 Å². The number of hydrogen-bond donors (Lipinski definition) is 0. The van der Waals surface area contributed by atoms with Crippen LogP contribution in [0.3, 0.4) is 0 Å². The summed E-state index contributed by atoms with van der Waals surface area (Å²) in [5.74, 6) is 0.313. The number of fused-ring (bicyclic) bond motifs is 2. The van der Waals surface area contributed by atoms with Gasteiger partial charge in [-0.1, -0.05) is 0 Å². The predicted molar refractivity (Wildman–Crippen MR) is 162 cm³/mol. The maximum Gasteiger partial charge on any atom is -1.00 e. The largest absolute Gasteiger partial charge is 1.00 e. The van der Waals surface area contributed by atoms with Gasteiger partial charge in [0.15, 0.2) is 0 Å². The first-order valence-corrected chi connectivity index (χ1v) is 15.3. The summed E-state index contributed by atoms with van der Waals surface area (Å²) in [6.07, 6.45) is 4.91. The maximum absolute atomic E-state index is 6.35. The summed E-state index contributed by atoms with van der Waals surface area (Å²) in [6.45, 7) is 9.25. The minimum absolute atomic E-state index is 0. The zero-order chi connectivity index (χ0) is 27.5. The van der Waals surface area contributed by atoms with E-state index < -0.39 is 0 Å². The van der Waals surface area contributed by atoms with Crippen molar-refractivity contribution in [1.82, 2.24) is 0 Å². The van der Waals surface area contributed by atoms with E-state index in [1.54, 1.807) is 0 Å². The van der Waals surface area contributed by atoms with E-state index in [1.807, 2.05) is 24.3 Å². The van der Waals surface area contributed by atoms with Gasteiger partial charge in [-0.25, -0.2) is 0 Å². The van der Waals surface area contributed by atoms with Crippen molar-refractivity contribution in [2.75, 3.05) is 0 Å². The Morgan fingerprint density at radius 1 is 0.683 bits per heavy atom. The Morgan fingerprint density at radius 3 is 1.73 bits per heavy atom. The zero-order valence-electron chi connectivity index (χ0n) is 23.3. The van der Waals surface area contributed by atoms with Crippen LogP contribution in [0.4, 0.5) is 0 Å². The van der Waals surface area contributed by atoms with Crippen LogP contribution in [0.25, 0.3) is 14.4 Å². The van der Waals surface area contributed by atoms with Crippen molar-refractivity contribution < 1.29 is 49.5 Å². The number of hydrogen-bond acceptors (Lipinski definition) is 0. The molecule has 0 fully saturated rings. The van der Waals surface area contributed by atoms with Gasteiger partial charge in [-0.3, -0.25) is 0 Å². The molecule has 0 spiro atoms. The second kappa shape index (κ2) is 12.4. The number of benzene rings is 4. The van der Waals surface area contributed by atoms with Crippen LogP contribution >= 0.6 is 23.2 Å². The van der Waals surface area contributed by atoms with Crippen molar-refractivity contribution in [3.63, 3.8) is 0 Å². The van der Waals surface area contributed by atoms with Crippen LogP contribution in [-0.2, 0) is 24.7 Å². The Morgan fingerprint density at radius 2 is 1.22 bits per heavy atom. The molecule has 0 aromatic heterocycles. The van der Waals surface area contributed by atoms with Gasteiger partial charge in [0.2, 0.25) is 0 Å². The second-order valence-corrected chi connectivity index (χ2v) is 13.6. The minimum Gasteiger partial charge on any atom is -1.00 e. The first-order chi connectivity index (χ1) is 18.6. The van der Waals surface area contributed by atoms with Crippen molar-refractivity contribution in [3.8, 4) is 0 Å². The number of rotatable bonds is 3. The van der Waals surface area contributed by atoms with Crippen LogP contribution in [-0.4, -0.2) is 0 Å². The molecule has 0 aliphatic heterocycles. The van der Waals surface area contributed by atoms with Crippen LogP contribution < -0.4 is 35.3 Å². The third-order valence-electron chi connectivity index (χ3n) is 7.86. The van der Waals surface area contributed by atoms with Crippen LogP contribution in [0.2, 0.25) is 10.0 Å². The van der Waals surface area contributed by atoms with Gasteiger partial charge in [0, 0.05) is 0 Å². The van der Waals surface area contributed by atoms with E-state index in [0.717, 1.165) is 21.2 Å². The van der Waals surface area contributed by atoms with Gasteiger partial charge in [0.05, 0.1) is 0 Å². The molecule has 0 radical (unpaired) electrons. The number of halogens is 4. The molecule has 0 heterocycles. The topological polar surface area (TPSA) is 0 Å². The summed E-state index contributed by atoms with van der Waals surface area (Å²) in [4.78, 5) is 0. The van der Waals surface area contributed by atoms with Crippen molar-refractivity contribution in [1.29, 1.82) is 0 Å². The summed E-state index contributed by atoms with van der Waals surface area (Å²) in [7, 11) is 0. The molecule has 41 heavy (non-hydrogen) atoms. The summed E-state index contributed by atoms with van der Waals surface area (Å²) in [5.41, 5.74) is 9.07. The van der Waals surface area contributed by atoms with Crippen molar-refractivity contribution >= 4 is 37.6 Å². The fourth-order valence-corrected chi connectivity index (χ4v) is 7.28. The molecule has 0 N–H and O–H groups in total. The SMILES string of the molecule is CC1C=C(C(C)(C)C)C=C1c1c2c(ccc1=C(c1ccc(Cl)cc1)c1ccc(Cl)cc1)=c1ccccc1=[C]2[Zr+2].[Cl-].[Cl-]. The first kappa shape index (κ1) is 32.1. The average Bonchev–Trinajstić information content (AvgIpc) is 3.44. The third-order valence-corrected chi connectivity index (χ3v) is 9.64. The standard InChI is InChI=1S/C36H29Cl2.2ClH.Zr/c1-22-19-26(36(2,3)4)21-32(22)35-31(18-17-30-29-8-6-5-7-25(29)20-33(30)35)34(23-9-13-27(37)14-10-23)24-11-15-28(38)16-12-24;;;/h5-19,21-22H,1-4H3;2*1H;/q;;;+2/p-2. The van der Waals surface area contributed by atoms with Gasteiger partial charge < -0.3 is 24.8 Å². The molecule has 0 saturated carbocycles. The summed E-state index contributed by atoms with van der Waals surface area (Å²) >= 11 is 14.1. The van der Waals surface area contributed by atoms with E-state index in [9.17, 15) is 0 Å². The quantitative estimate of drug-likeness (QED) is 0.310. The molecule has 0 bridgehead atoms. The Bertz CT molecular complexity index is 1860. The molecule has 0 amide bonds. The fourth-order valence-electron chi connectivity index (χ4n) is 5.85. The van der Waals surface area contributed by atoms with Crippen molar-refractivity contribution in [3.05, 3.63) is 156 Å². The molecule has 0 saturated heterocycles. The van der Waals surface area contributed by atoms with Gasteiger partial charge >= 0.3 is 257 Å². The molecule has 2 aliphatic carbocycles. The van der Waals surface area contributed by atoms with E-state index in [4.69, 9.17) is 23.2 Å². The molecule has 4 aromatic carbocycles. The van der Waals surface area contributed by atoms with Crippen molar-refractivity contribution in [2.24, 2.45) is 11.3 Å². The molecule has 1 unspecified atom stereocenters. The Kier molecular flexibility index (Phi) is 9.70. The fraction of sp³-hybridized carbons (Fsp3) is 0.167. The minimum atomic E-state index is 0. The van der Waals surface area contributed by atoms with E-state index in [-0.39, 0.29) is 30.2 Å². The molecule has 0 nitrogen and oxygen atoms in total. The van der Waals surface area contributed by atoms with E-state index in [1.165, 1.54) is 76.7 Å². The maximum atomic E-state index is 6.35. The summed E-state index contributed by atoms with van der Waals surface area (Å²) in [6, 6.07) is 30.0. The van der Waals surface area contributed by atoms with Crippen LogP contribution in [0.1, 0.15) is 49.9 Å². The molecule has 2 aliphatic rings. The molecule has 205 valence electrons. The van der Waals surface area contributed by atoms with Crippen LogP contribution in [0, 0.1) is 21.8 Å². The third kappa shape index (κ3) is 5.87. The monoisotopic (exact) mass is 691 g/mol. The average molecular weight is 695 g/mol. The van der Waals surface area contributed by atoms with Gasteiger partial charge in [-0.15, -0.1) is 0 Å². The smallest absolute Gasteiger partial charge is 1.00 e. The Hall–Kier alpha value is -1.86. The van der Waals surface area contributed by atoms with E-state index in [0.29, 0.717) is 5.92 Å². The van der Waals surface area contributed by atoms with Crippen molar-refractivity contribution in [2.45, 2.75) is 27.7 Å². The molecule has 5 heteroatoms. The molecule has 1 atom stereocenters. The molecular formula is C36H29Cl4Zr. The zero-order valence-corrected chi connectivity index (χ0v) is 28.8. The van der Waals surface area contributed by atoms with Crippen LogP contribution in [0.5, 0.6) is 0 Å². The molecule has 4 aromatic rings. The van der Waals surface area contributed by atoms with Gasteiger partial charge in [0.25, 0.3) is 0 Å². The van der Waals surface area contributed by atoms with Gasteiger partial charge in [-0.2, -0.15) is 0 Å². The normalized spacial score (nSPS) is 15.3. The Balaban J connectivity index is 0.00000194. The molecular weight excluding hydrogens is 665 g/mol. The van der Waals surface area contributed by atoms with Crippen LogP contribution in [0.15, 0.2) is 103 Å².